The van der Waals surface area contributed by atoms with Crippen molar-refractivity contribution in [3.63, 3.8) is 0 Å². The van der Waals surface area contributed by atoms with Gasteiger partial charge in [-0.25, -0.2) is 9.97 Å². The van der Waals surface area contributed by atoms with Crippen LogP contribution in [0.2, 0.25) is 0 Å². The Morgan fingerprint density at radius 2 is 1.49 bits per heavy atom. The Balaban J connectivity index is 1.46. The SMILES string of the molecule is Cc1cccc(C)c1-c1c[n+]2c3c4c5c(ccc4c4nc6ccccc6nc4n13)Oc1cccc3c1C52[n+]1ccccc1-3. The number of aryl methyl sites for hydroxylation is 2. The van der Waals surface area contributed by atoms with Crippen molar-refractivity contribution in [2.24, 2.45) is 0 Å². The van der Waals surface area contributed by atoms with Crippen LogP contribution >= 0.6 is 0 Å². The topological polar surface area (TPSA) is 47.2 Å². The second-order valence-corrected chi connectivity index (χ2v) is 12.0. The van der Waals surface area contributed by atoms with Gasteiger partial charge in [-0.1, -0.05) is 36.4 Å². The Bertz CT molecular complexity index is 2610. The van der Waals surface area contributed by atoms with Crippen LogP contribution in [0.1, 0.15) is 22.3 Å². The van der Waals surface area contributed by atoms with Gasteiger partial charge in [-0.15, -0.1) is 4.57 Å². The number of imidazole rings is 1. The predicted molar refractivity (Wildman–Crippen MR) is 164 cm³/mol. The lowest BCUT2D eigenvalue weighted by Crippen LogP contribution is -2.71. The van der Waals surface area contributed by atoms with E-state index in [9.17, 15) is 0 Å². The molecule has 4 aromatic carbocycles. The number of fused-ring (bicyclic) bond motifs is 6. The molecule has 3 aliphatic rings. The Hall–Kier alpha value is -5.62. The number of pyridine rings is 2. The van der Waals surface area contributed by atoms with Gasteiger partial charge in [-0.3, -0.25) is 0 Å². The molecule has 6 heteroatoms. The van der Waals surface area contributed by atoms with Gasteiger partial charge in [0, 0.05) is 23.1 Å². The quantitative estimate of drug-likeness (QED) is 0.128. The Kier molecular flexibility index (Phi) is 3.61. The molecular formula is C37H23N5O+2. The van der Waals surface area contributed by atoms with E-state index >= 15 is 0 Å². The van der Waals surface area contributed by atoms with Gasteiger partial charge in [0.25, 0.3) is 5.65 Å². The lowest BCUT2D eigenvalue weighted by Gasteiger charge is -2.27. The van der Waals surface area contributed by atoms with Crippen molar-refractivity contribution in [3.8, 4) is 34.0 Å². The highest BCUT2D eigenvalue weighted by atomic mass is 16.5. The maximum Gasteiger partial charge on any atom is 0.371 e. The molecule has 6 nitrogen and oxygen atoms in total. The minimum atomic E-state index is -0.644. The van der Waals surface area contributed by atoms with Gasteiger partial charge in [-0.05, 0) is 67.4 Å². The average molecular weight is 554 g/mol. The third-order valence-electron chi connectivity index (χ3n) is 9.86. The van der Waals surface area contributed by atoms with E-state index in [0.29, 0.717) is 0 Å². The van der Waals surface area contributed by atoms with Crippen LogP contribution in [0.25, 0.3) is 61.1 Å². The van der Waals surface area contributed by atoms with Crippen molar-refractivity contribution in [1.82, 2.24) is 14.4 Å². The first kappa shape index (κ1) is 22.0. The highest BCUT2D eigenvalue weighted by Gasteiger charge is 2.68. The van der Waals surface area contributed by atoms with Crippen LogP contribution in [0.15, 0.2) is 103 Å². The van der Waals surface area contributed by atoms with Crippen LogP contribution in [0.4, 0.5) is 0 Å². The molecule has 0 amide bonds. The van der Waals surface area contributed by atoms with Crippen LogP contribution < -0.4 is 13.9 Å². The van der Waals surface area contributed by atoms with Crippen LogP contribution in [-0.2, 0) is 5.66 Å². The minimum absolute atomic E-state index is 0.644. The molecule has 0 radical (unpaired) electrons. The number of benzene rings is 4. The molecule has 1 spiro atoms. The number of hydrogen-bond donors (Lipinski definition) is 0. The van der Waals surface area contributed by atoms with Gasteiger partial charge >= 0.3 is 11.3 Å². The van der Waals surface area contributed by atoms with Crippen molar-refractivity contribution in [2.75, 3.05) is 0 Å². The molecule has 3 aliphatic heterocycles. The van der Waals surface area contributed by atoms with Crippen molar-refractivity contribution < 1.29 is 13.9 Å². The van der Waals surface area contributed by atoms with Crippen molar-refractivity contribution in [2.45, 2.75) is 19.5 Å². The largest absolute Gasteiger partial charge is 0.456 e. The number of aromatic nitrogens is 5. The Morgan fingerprint density at radius 3 is 2.35 bits per heavy atom. The summed E-state index contributed by atoms with van der Waals surface area (Å²) < 4.78 is 14.0. The van der Waals surface area contributed by atoms with E-state index < -0.39 is 5.66 Å². The molecule has 200 valence electrons. The molecule has 0 bridgehead atoms. The van der Waals surface area contributed by atoms with Gasteiger partial charge in [0.2, 0.25) is 5.69 Å². The van der Waals surface area contributed by atoms with E-state index in [1.165, 1.54) is 33.5 Å². The fourth-order valence-electron chi connectivity index (χ4n) is 8.30. The summed E-state index contributed by atoms with van der Waals surface area (Å²) in [6, 6.07) is 31.9. The first-order valence-corrected chi connectivity index (χ1v) is 14.7. The van der Waals surface area contributed by atoms with Crippen LogP contribution in [0, 0.1) is 13.8 Å². The smallest absolute Gasteiger partial charge is 0.371 e. The fraction of sp³-hybridized carbons (Fsp3) is 0.0811. The Morgan fingerprint density at radius 1 is 0.721 bits per heavy atom. The number of hydrogen-bond acceptors (Lipinski definition) is 3. The molecule has 1 atom stereocenters. The summed E-state index contributed by atoms with van der Waals surface area (Å²) in [5, 5.41) is 2.25. The zero-order valence-corrected chi connectivity index (χ0v) is 23.5. The standard InChI is InChI=1S/C37H23N5O/c1-20-9-7-10-21(2)30(20)27-19-41-36-31-23(34-35(42(27)36)39-25-13-4-3-12-24(25)38-34)16-17-29-33(31)37(41)32-22(11-8-15-28(32)43-29)26-14-5-6-18-40(26)37/h3-19H,1-2H3/q+2. The van der Waals surface area contributed by atoms with Crippen molar-refractivity contribution >= 4 is 38.6 Å². The summed E-state index contributed by atoms with van der Waals surface area (Å²) in [5.74, 6) is 1.78. The number of rotatable bonds is 1. The van der Waals surface area contributed by atoms with Gasteiger partial charge < -0.3 is 4.74 Å². The predicted octanol–water partition coefficient (Wildman–Crippen LogP) is 6.74. The van der Waals surface area contributed by atoms with E-state index in [1.54, 1.807) is 0 Å². The third kappa shape index (κ3) is 2.28. The third-order valence-corrected chi connectivity index (χ3v) is 9.86. The van der Waals surface area contributed by atoms with Crippen LogP contribution in [0.3, 0.4) is 0 Å². The fourth-order valence-corrected chi connectivity index (χ4v) is 8.30. The molecule has 8 aromatic rings. The number of para-hydroxylation sites is 2. The molecule has 0 N–H and O–H groups in total. The molecule has 4 aromatic heterocycles. The summed E-state index contributed by atoms with van der Waals surface area (Å²) in [7, 11) is 0. The summed E-state index contributed by atoms with van der Waals surface area (Å²) in [6.07, 6.45) is 4.57. The zero-order valence-electron chi connectivity index (χ0n) is 23.5. The molecule has 0 fully saturated rings. The van der Waals surface area contributed by atoms with Gasteiger partial charge in [0.1, 0.15) is 34.3 Å². The summed E-state index contributed by atoms with van der Waals surface area (Å²) >= 11 is 0. The monoisotopic (exact) mass is 553 g/mol. The second-order valence-electron chi connectivity index (χ2n) is 12.0. The first-order valence-electron chi connectivity index (χ1n) is 14.7. The van der Waals surface area contributed by atoms with Crippen LogP contribution in [-0.4, -0.2) is 14.4 Å². The van der Waals surface area contributed by atoms with E-state index in [4.69, 9.17) is 14.7 Å². The molecule has 0 saturated heterocycles. The maximum atomic E-state index is 6.74. The highest BCUT2D eigenvalue weighted by molar-refractivity contribution is 6.14. The van der Waals surface area contributed by atoms with E-state index in [-0.39, 0.29) is 0 Å². The molecule has 11 rings (SSSR count). The van der Waals surface area contributed by atoms with Crippen LogP contribution in [0.5, 0.6) is 11.5 Å². The highest BCUT2D eigenvalue weighted by Crippen LogP contribution is 2.57. The molecular weight excluding hydrogens is 530 g/mol. The van der Waals surface area contributed by atoms with Crippen molar-refractivity contribution in [3.05, 3.63) is 126 Å². The number of ether oxygens (including phenoxy) is 1. The zero-order chi connectivity index (χ0) is 28.2. The molecule has 7 heterocycles. The lowest BCUT2D eigenvalue weighted by molar-refractivity contribution is -0.950. The van der Waals surface area contributed by atoms with E-state index in [2.05, 4.69) is 113 Å². The minimum Gasteiger partial charge on any atom is -0.456 e. The summed E-state index contributed by atoms with van der Waals surface area (Å²) in [6.45, 7) is 4.40. The normalized spacial score (nSPS) is 16.9. The maximum absolute atomic E-state index is 6.74. The summed E-state index contributed by atoms with van der Waals surface area (Å²) in [4.78, 5) is 10.6. The van der Waals surface area contributed by atoms with Crippen molar-refractivity contribution in [1.29, 1.82) is 0 Å². The molecule has 0 saturated carbocycles. The number of nitrogens with zero attached hydrogens (tertiary/aromatic N) is 5. The lowest BCUT2D eigenvalue weighted by atomic mass is 9.86. The first-order chi connectivity index (χ1) is 21.2. The van der Waals surface area contributed by atoms with E-state index in [1.807, 2.05) is 18.2 Å². The average Bonchev–Trinajstić information content (AvgIpc) is 3.66. The molecule has 1 unspecified atom stereocenters. The van der Waals surface area contributed by atoms with Gasteiger partial charge in [0.15, 0.2) is 11.9 Å². The Labute approximate surface area is 245 Å². The van der Waals surface area contributed by atoms with Gasteiger partial charge in [-0.2, -0.15) is 8.97 Å². The molecule has 0 aliphatic carbocycles. The van der Waals surface area contributed by atoms with Gasteiger partial charge in [0.05, 0.1) is 22.0 Å². The second kappa shape index (κ2) is 7.05. The summed E-state index contributed by atoms with van der Waals surface area (Å²) in [5.41, 5.74) is 13.5. The molecule has 43 heavy (non-hydrogen) atoms. The van der Waals surface area contributed by atoms with E-state index in [0.717, 1.165) is 61.4 Å².